The van der Waals surface area contributed by atoms with Crippen LogP contribution in [0.2, 0.25) is 0 Å². The zero-order valence-electron chi connectivity index (χ0n) is 17.3. The lowest BCUT2D eigenvalue weighted by molar-refractivity contribution is -0.130. The van der Waals surface area contributed by atoms with E-state index in [0.29, 0.717) is 38.0 Å². The number of carbonyl (C=O) groups excluding carboxylic acids is 2. The van der Waals surface area contributed by atoms with Gasteiger partial charge in [-0.25, -0.2) is 0 Å². The van der Waals surface area contributed by atoms with Crippen LogP contribution in [0.1, 0.15) is 24.2 Å². The lowest BCUT2D eigenvalue weighted by Gasteiger charge is -2.34. The van der Waals surface area contributed by atoms with Gasteiger partial charge < -0.3 is 14.8 Å². The van der Waals surface area contributed by atoms with Crippen molar-refractivity contribution in [2.45, 2.75) is 37.5 Å². The Bertz CT molecular complexity index is 875. The number of carbonyl (C=O) groups is 2. The highest BCUT2D eigenvalue weighted by atomic mass is 32.2. The lowest BCUT2D eigenvalue weighted by atomic mass is 10.2. The van der Waals surface area contributed by atoms with Crippen LogP contribution in [0.15, 0.2) is 35.5 Å². The number of amides is 2. The largest absolute Gasteiger partial charge is 0.352 e. The van der Waals surface area contributed by atoms with Crippen molar-refractivity contribution in [3.05, 3.63) is 41.7 Å². The third kappa shape index (κ3) is 5.60. The van der Waals surface area contributed by atoms with Gasteiger partial charge in [-0.3, -0.25) is 14.5 Å². The molecule has 1 aliphatic heterocycles. The molecule has 2 aromatic rings. The normalized spacial score (nSPS) is 17.2. The predicted molar refractivity (Wildman–Crippen MR) is 115 cm³/mol. The standard InChI is InChI=1S/C21H28N6O2S/c1-16-23-24-21(27(16)13-17-5-3-2-4-6-17)30-15-20(29)26-11-9-25(10-12-26)14-19(28)22-18-7-8-18/h2-6,18H,7-15H2,1H3,(H,22,28). The molecule has 0 bridgehead atoms. The van der Waals surface area contributed by atoms with Crippen LogP contribution < -0.4 is 5.32 Å². The first kappa shape index (κ1) is 20.9. The SMILES string of the molecule is Cc1nnc(SCC(=O)N2CCN(CC(=O)NC3CC3)CC2)n1Cc1ccccc1. The van der Waals surface area contributed by atoms with Crippen LogP contribution >= 0.6 is 11.8 Å². The zero-order valence-corrected chi connectivity index (χ0v) is 18.1. The van der Waals surface area contributed by atoms with Crippen LogP contribution in [0.3, 0.4) is 0 Å². The van der Waals surface area contributed by atoms with Crippen molar-refractivity contribution in [1.29, 1.82) is 0 Å². The van der Waals surface area contributed by atoms with Crippen molar-refractivity contribution in [2.75, 3.05) is 38.5 Å². The van der Waals surface area contributed by atoms with E-state index < -0.39 is 0 Å². The van der Waals surface area contributed by atoms with Gasteiger partial charge in [-0.05, 0) is 25.3 Å². The van der Waals surface area contributed by atoms with E-state index in [1.165, 1.54) is 17.3 Å². The maximum Gasteiger partial charge on any atom is 0.234 e. The summed E-state index contributed by atoms with van der Waals surface area (Å²) in [6.07, 6.45) is 2.20. The van der Waals surface area contributed by atoms with E-state index in [0.717, 1.165) is 36.9 Å². The van der Waals surface area contributed by atoms with Crippen LogP contribution in [0, 0.1) is 6.92 Å². The van der Waals surface area contributed by atoms with Crippen molar-refractivity contribution in [3.63, 3.8) is 0 Å². The highest BCUT2D eigenvalue weighted by Gasteiger charge is 2.26. The van der Waals surface area contributed by atoms with Gasteiger partial charge in [0.25, 0.3) is 0 Å². The minimum Gasteiger partial charge on any atom is -0.352 e. The van der Waals surface area contributed by atoms with Gasteiger partial charge in [0, 0.05) is 32.2 Å². The first-order valence-corrected chi connectivity index (χ1v) is 11.4. The number of nitrogens with zero attached hydrogens (tertiary/aromatic N) is 5. The Morgan fingerprint density at radius 2 is 1.83 bits per heavy atom. The van der Waals surface area contributed by atoms with Gasteiger partial charge in [-0.2, -0.15) is 0 Å². The molecule has 2 heterocycles. The van der Waals surface area contributed by atoms with E-state index in [1.54, 1.807) is 0 Å². The summed E-state index contributed by atoms with van der Waals surface area (Å²) < 4.78 is 2.05. The monoisotopic (exact) mass is 428 g/mol. The number of hydrogen-bond acceptors (Lipinski definition) is 6. The molecule has 1 aromatic carbocycles. The third-order valence-corrected chi connectivity index (χ3v) is 6.40. The summed E-state index contributed by atoms with van der Waals surface area (Å²) in [5.74, 6) is 1.39. The first-order valence-electron chi connectivity index (χ1n) is 10.4. The molecule has 4 rings (SSSR count). The Balaban J connectivity index is 1.24. The molecule has 1 N–H and O–H groups in total. The molecule has 0 spiro atoms. The van der Waals surface area contributed by atoms with Gasteiger partial charge in [-0.1, -0.05) is 42.1 Å². The van der Waals surface area contributed by atoms with E-state index in [1.807, 2.05) is 34.6 Å². The Labute approximate surface area is 181 Å². The number of rotatable bonds is 8. The summed E-state index contributed by atoms with van der Waals surface area (Å²) in [5, 5.41) is 12.2. The fourth-order valence-corrected chi connectivity index (χ4v) is 4.38. The fourth-order valence-electron chi connectivity index (χ4n) is 3.49. The molecule has 2 aliphatic rings. The molecule has 160 valence electrons. The average Bonchev–Trinajstić information content (AvgIpc) is 3.50. The van der Waals surface area contributed by atoms with E-state index in [9.17, 15) is 9.59 Å². The summed E-state index contributed by atoms with van der Waals surface area (Å²) in [4.78, 5) is 28.6. The van der Waals surface area contributed by atoms with Gasteiger partial charge in [0.05, 0.1) is 18.8 Å². The summed E-state index contributed by atoms with van der Waals surface area (Å²) in [5.41, 5.74) is 1.18. The van der Waals surface area contributed by atoms with Gasteiger partial charge in [0.15, 0.2) is 5.16 Å². The Hall–Kier alpha value is -2.39. The molecule has 1 aliphatic carbocycles. The van der Waals surface area contributed by atoms with Crippen LogP contribution in [0.4, 0.5) is 0 Å². The summed E-state index contributed by atoms with van der Waals surface area (Å²) in [6.45, 7) is 5.83. The van der Waals surface area contributed by atoms with Gasteiger partial charge >= 0.3 is 0 Å². The molecular formula is C21H28N6O2S. The lowest BCUT2D eigenvalue weighted by Crippen LogP contribution is -2.51. The maximum absolute atomic E-state index is 12.7. The van der Waals surface area contributed by atoms with Gasteiger partial charge in [0.1, 0.15) is 5.82 Å². The molecule has 30 heavy (non-hydrogen) atoms. The number of hydrogen-bond donors (Lipinski definition) is 1. The maximum atomic E-state index is 12.7. The number of thioether (sulfide) groups is 1. The van der Waals surface area contributed by atoms with Gasteiger partial charge in [-0.15, -0.1) is 10.2 Å². The number of aryl methyl sites for hydroxylation is 1. The molecule has 8 nitrogen and oxygen atoms in total. The zero-order chi connectivity index (χ0) is 20.9. The second-order valence-corrected chi connectivity index (χ2v) is 8.83. The molecule has 1 saturated heterocycles. The third-order valence-electron chi connectivity index (χ3n) is 5.44. The van der Waals surface area contributed by atoms with E-state index in [2.05, 4.69) is 32.5 Å². The molecule has 1 saturated carbocycles. The van der Waals surface area contributed by atoms with Crippen molar-refractivity contribution < 1.29 is 9.59 Å². The Morgan fingerprint density at radius 3 is 2.53 bits per heavy atom. The molecule has 2 amide bonds. The van der Waals surface area contributed by atoms with Crippen LogP contribution in [0.5, 0.6) is 0 Å². The van der Waals surface area contributed by atoms with E-state index >= 15 is 0 Å². The van der Waals surface area contributed by atoms with Crippen molar-refractivity contribution in [3.8, 4) is 0 Å². The van der Waals surface area contributed by atoms with Crippen molar-refractivity contribution in [2.24, 2.45) is 0 Å². The first-order chi connectivity index (χ1) is 14.6. The molecular weight excluding hydrogens is 400 g/mol. The Morgan fingerprint density at radius 1 is 1.10 bits per heavy atom. The van der Waals surface area contributed by atoms with Crippen LogP contribution in [-0.2, 0) is 16.1 Å². The predicted octanol–water partition coefficient (Wildman–Crippen LogP) is 1.15. The van der Waals surface area contributed by atoms with Crippen molar-refractivity contribution >= 4 is 23.6 Å². The number of piperazine rings is 1. The Kier molecular flexibility index (Phi) is 6.69. The molecule has 2 fully saturated rings. The summed E-state index contributed by atoms with van der Waals surface area (Å²) in [7, 11) is 0. The minimum absolute atomic E-state index is 0.0981. The number of nitrogens with one attached hydrogen (secondary N) is 1. The highest BCUT2D eigenvalue weighted by Crippen LogP contribution is 2.20. The van der Waals surface area contributed by atoms with Crippen LogP contribution in [-0.4, -0.2) is 80.9 Å². The van der Waals surface area contributed by atoms with Gasteiger partial charge in [0.2, 0.25) is 11.8 Å². The number of aromatic nitrogens is 3. The molecule has 0 atom stereocenters. The molecule has 0 unspecified atom stereocenters. The van der Waals surface area contributed by atoms with E-state index in [-0.39, 0.29) is 11.8 Å². The topological polar surface area (TPSA) is 83.4 Å². The average molecular weight is 429 g/mol. The smallest absolute Gasteiger partial charge is 0.234 e. The second-order valence-electron chi connectivity index (χ2n) is 7.89. The molecule has 1 aromatic heterocycles. The highest BCUT2D eigenvalue weighted by molar-refractivity contribution is 7.99. The molecule has 0 radical (unpaired) electrons. The fraction of sp³-hybridized carbons (Fsp3) is 0.524. The summed E-state index contributed by atoms with van der Waals surface area (Å²) in [6, 6.07) is 10.6. The van der Waals surface area contributed by atoms with E-state index in [4.69, 9.17) is 0 Å². The summed E-state index contributed by atoms with van der Waals surface area (Å²) >= 11 is 1.43. The number of benzene rings is 1. The quantitative estimate of drug-likeness (QED) is 0.635. The second kappa shape index (κ2) is 9.61. The molecule has 9 heteroatoms. The van der Waals surface area contributed by atoms with Crippen molar-refractivity contribution in [1.82, 2.24) is 29.9 Å². The van der Waals surface area contributed by atoms with Crippen LogP contribution in [0.25, 0.3) is 0 Å². The minimum atomic E-state index is 0.0981.